The van der Waals surface area contributed by atoms with Crippen molar-refractivity contribution < 1.29 is 0 Å². The number of benzene rings is 1. The van der Waals surface area contributed by atoms with E-state index in [9.17, 15) is 0 Å². The zero-order chi connectivity index (χ0) is 12.7. The van der Waals surface area contributed by atoms with Gasteiger partial charge < -0.3 is 4.40 Å². The number of para-hydroxylation sites is 1. The van der Waals surface area contributed by atoms with E-state index in [1.165, 1.54) is 0 Å². The molecule has 0 amide bonds. The van der Waals surface area contributed by atoms with Gasteiger partial charge in [-0.2, -0.15) is 0 Å². The molecule has 0 aliphatic heterocycles. The molecule has 0 aliphatic carbocycles. The Morgan fingerprint density at radius 3 is 2.89 bits per heavy atom. The first kappa shape index (κ1) is 10.3. The normalized spacial score (nSPS) is 11.2. The van der Waals surface area contributed by atoms with E-state index in [1.807, 2.05) is 47.1 Å². The van der Waals surface area contributed by atoms with Crippen molar-refractivity contribution in [2.24, 2.45) is 0 Å². The van der Waals surface area contributed by atoms with E-state index >= 15 is 0 Å². The van der Waals surface area contributed by atoms with Gasteiger partial charge in [-0.05, 0) is 18.2 Å². The molecule has 1 aromatic carbocycles. The third kappa shape index (κ3) is 1.67. The maximum Gasteiger partial charge on any atom is 0.145 e. The van der Waals surface area contributed by atoms with Crippen LogP contribution in [0.2, 0.25) is 0 Å². The molecule has 3 aromatic heterocycles. The Bertz CT molecular complexity index is 877. The lowest BCUT2D eigenvalue weighted by Crippen LogP contribution is -1.88. The zero-order valence-electron chi connectivity index (χ0n) is 10.1. The van der Waals surface area contributed by atoms with Gasteiger partial charge in [0.15, 0.2) is 0 Å². The monoisotopic (exact) mass is 244 g/mol. The molecule has 4 rings (SSSR count). The number of pyridine rings is 2. The summed E-state index contributed by atoms with van der Waals surface area (Å²) in [5.41, 5.74) is 3.69. The van der Waals surface area contributed by atoms with Crippen LogP contribution in [0.15, 0.2) is 61.1 Å². The van der Waals surface area contributed by atoms with Gasteiger partial charge in [-0.3, -0.25) is 0 Å². The van der Waals surface area contributed by atoms with Crippen molar-refractivity contribution in [1.82, 2.24) is 14.4 Å². The number of imidazole rings is 1. The number of nitrogens with zero attached hydrogens (tertiary/aromatic N) is 3. The van der Waals surface area contributed by atoms with Gasteiger partial charge >= 0.3 is 0 Å². The van der Waals surface area contributed by atoms with Gasteiger partial charge in [-0.1, -0.05) is 24.3 Å². The van der Waals surface area contributed by atoms with Crippen LogP contribution in [0.25, 0.3) is 27.8 Å². The lowest BCUT2D eigenvalue weighted by Gasteiger charge is -2.03. The van der Waals surface area contributed by atoms with Crippen LogP contribution in [0.3, 0.4) is 0 Å². The Kier molecular flexibility index (Phi) is 2.12. The van der Waals surface area contributed by atoms with E-state index in [-0.39, 0.29) is 0 Å². The molecule has 4 aromatic rings. The topological polar surface area (TPSA) is 30.2 Å². The SMILES string of the molecule is [c]1c(-c2ccc3ccccc3n2)ccn2ccnc12. The molecule has 19 heavy (non-hydrogen) atoms. The maximum absolute atomic E-state index is 4.67. The Balaban J connectivity index is 1.92. The van der Waals surface area contributed by atoms with Gasteiger partial charge in [0.2, 0.25) is 0 Å². The first-order chi connectivity index (χ1) is 9.40. The molecular weight excluding hydrogens is 234 g/mol. The average Bonchev–Trinajstić information content (AvgIpc) is 2.94. The first-order valence-electron chi connectivity index (χ1n) is 6.11. The minimum absolute atomic E-state index is 0.812. The van der Waals surface area contributed by atoms with Crippen LogP contribution in [0, 0.1) is 6.07 Å². The molecule has 0 N–H and O–H groups in total. The molecular formula is C16H10N3. The van der Waals surface area contributed by atoms with Crippen LogP contribution in [0.1, 0.15) is 0 Å². The summed E-state index contributed by atoms with van der Waals surface area (Å²) in [7, 11) is 0. The number of aromatic nitrogens is 3. The summed E-state index contributed by atoms with van der Waals surface area (Å²) in [6.07, 6.45) is 5.65. The van der Waals surface area contributed by atoms with E-state index in [0.717, 1.165) is 27.8 Å². The molecule has 0 bridgehead atoms. The van der Waals surface area contributed by atoms with Crippen LogP contribution >= 0.6 is 0 Å². The molecule has 0 saturated heterocycles. The van der Waals surface area contributed by atoms with Crippen molar-refractivity contribution in [3.63, 3.8) is 0 Å². The van der Waals surface area contributed by atoms with Gasteiger partial charge in [0.05, 0.1) is 11.2 Å². The molecule has 0 fully saturated rings. The Morgan fingerprint density at radius 1 is 0.947 bits per heavy atom. The molecule has 0 unspecified atom stereocenters. The fourth-order valence-electron chi connectivity index (χ4n) is 2.21. The second kappa shape index (κ2) is 3.92. The van der Waals surface area contributed by atoms with Crippen LogP contribution in [0.5, 0.6) is 0 Å². The first-order valence-corrected chi connectivity index (χ1v) is 6.11. The fourth-order valence-corrected chi connectivity index (χ4v) is 2.21. The smallest absolute Gasteiger partial charge is 0.145 e. The molecule has 3 nitrogen and oxygen atoms in total. The minimum Gasteiger partial charge on any atom is -0.307 e. The van der Waals surface area contributed by atoms with Gasteiger partial charge in [0.1, 0.15) is 5.65 Å². The van der Waals surface area contributed by atoms with Gasteiger partial charge in [0, 0.05) is 35.6 Å². The van der Waals surface area contributed by atoms with Crippen molar-refractivity contribution in [2.45, 2.75) is 0 Å². The number of rotatable bonds is 1. The van der Waals surface area contributed by atoms with Crippen molar-refractivity contribution in [2.75, 3.05) is 0 Å². The van der Waals surface area contributed by atoms with E-state index in [4.69, 9.17) is 0 Å². The Hall–Kier alpha value is -2.68. The van der Waals surface area contributed by atoms with E-state index in [0.29, 0.717) is 0 Å². The number of fused-ring (bicyclic) bond motifs is 2. The van der Waals surface area contributed by atoms with E-state index < -0.39 is 0 Å². The quantitative estimate of drug-likeness (QED) is 0.514. The Morgan fingerprint density at radius 2 is 1.89 bits per heavy atom. The summed E-state index contributed by atoms with van der Waals surface area (Å²) in [5.74, 6) is 0. The largest absolute Gasteiger partial charge is 0.307 e. The molecule has 0 atom stereocenters. The highest BCUT2D eigenvalue weighted by Gasteiger charge is 2.03. The standard InChI is InChI=1S/C16H10N3/c1-2-4-14-12(3-1)5-6-15(18-14)13-7-9-19-10-8-17-16(19)11-13/h1-10H. The van der Waals surface area contributed by atoms with Crippen molar-refractivity contribution in [3.8, 4) is 11.3 Å². The highest BCUT2D eigenvalue weighted by molar-refractivity contribution is 5.81. The summed E-state index contributed by atoms with van der Waals surface area (Å²) >= 11 is 0. The lowest BCUT2D eigenvalue weighted by molar-refractivity contribution is 1.18. The predicted octanol–water partition coefficient (Wildman–Crippen LogP) is 3.35. The highest BCUT2D eigenvalue weighted by atomic mass is 15.0. The summed E-state index contributed by atoms with van der Waals surface area (Å²) in [6, 6.07) is 17.5. The molecule has 0 saturated carbocycles. The summed E-state index contributed by atoms with van der Waals surface area (Å²) in [5, 5.41) is 1.15. The second-order valence-corrected chi connectivity index (χ2v) is 4.40. The zero-order valence-corrected chi connectivity index (χ0v) is 10.1. The third-order valence-electron chi connectivity index (χ3n) is 3.19. The summed E-state index contributed by atoms with van der Waals surface area (Å²) < 4.78 is 1.94. The molecule has 89 valence electrons. The van der Waals surface area contributed by atoms with Crippen molar-refractivity contribution in [1.29, 1.82) is 0 Å². The van der Waals surface area contributed by atoms with E-state index in [1.54, 1.807) is 6.20 Å². The number of hydrogen-bond donors (Lipinski definition) is 0. The molecule has 0 aliphatic rings. The average molecular weight is 244 g/mol. The summed E-state index contributed by atoms with van der Waals surface area (Å²) in [6.45, 7) is 0. The van der Waals surface area contributed by atoms with Crippen molar-refractivity contribution >= 4 is 16.6 Å². The van der Waals surface area contributed by atoms with Crippen LogP contribution < -0.4 is 0 Å². The third-order valence-corrected chi connectivity index (χ3v) is 3.19. The highest BCUT2D eigenvalue weighted by Crippen LogP contribution is 2.21. The maximum atomic E-state index is 4.67. The molecule has 3 heteroatoms. The molecule has 0 spiro atoms. The second-order valence-electron chi connectivity index (χ2n) is 4.40. The lowest BCUT2D eigenvalue weighted by atomic mass is 10.1. The van der Waals surface area contributed by atoms with Crippen LogP contribution in [0.4, 0.5) is 0 Å². The number of hydrogen-bond acceptors (Lipinski definition) is 2. The Labute approximate surface area is 110 Å². The minimum atomic E-state index is 0.812. The van der Waals surface area contributed by atoms with Gasteiger partial charge in [-0.25, -0.2) is 9.97 Å². The molecule has 1 radical (unpaired) electrons. The van der Waals surface area contributed by atoms with Crippen molar-refractivity contribution in [3.05, 3.63) is 67.1 Å². The summed E-state index contributed by atoms with van der Waals surface area (Å²) in [4.78, 5) is 8.92. The predicted molar refractivity (Wildman–Crippen MR) is 74.8 cm³/mol. The van der Waals surface area contributed by atoms with Crippen LogP contribution in [-0.4, -0.2) is 14.4 Å². The van der Waals surface area contributed by atoms with Gasteiger partial charge in [-0.15, -0.1) is 0 Å². The van der Waals surface area contributed by atoms with Gasteiger partial charge in [0.25, 0.3) is 0 Å². The van der Waals surface area contributed by atoms with Crippen LogP contribution in [-0.2, 0) is 0 Å². The fraction of sp³-hybridized carbons (Fsp3) is 0. The van der Waals surface area contributed by atoms with E-state index in [2.05, 4.69) is 28.2 Å². The molecule has 3 heterocycles.